The molecule has 23 heavy (non-hydrogen) atoms. The molecule has 124 valence electrons. The molecule has 0 saturated carbocycles. The molecule has 0 bridgehead atoms. The van der Waals surface area contributed by atoms with Crippen molar-refractivity contribution in [2.75, 3.05) is 0 Å². The molecule has 1 aliphatic rings. The number of rotatable bonds is 3. The van der Waals surface area contributed by atoms with Crippen molar-refractivity contribution >= 4 is 39.5 Å². The predicted molar refractivity (Wildman–Crippen MR) is 86.0 cm³/mol. The first-order chi connectivity index (χ1) is 10.9. The van der Waals surface area contributed by atoms with Gasteiger partial charge in [0.05, 0.1) is 0 Å². The third-order valence-electron chi connectivity index (χ3n) is 3.66. The number of carboxylic acids is 1. The van der Waals surface area contributed by atoms with Crippen LogP contribution in [0.4, 0.5) is 0 Å². The van der Waals surface area contributed by atoms with Gasteiger partial charge in [-0.25, -0.2) is 4.79 Å². The molecule has 3 rings (SSSR count). The fourth-order valence-corrected chi connectivity index (χ4v) is 2.93. The van der Waals surface area contributed by atoms with Gasteiger partial charge in [-0.2, -0.15) is 0 Å². The maximum atomic E-state index is 11.1. The van der Waals surface area contributed by atoms with Crippen LogP contribution in [0.2, 0.25) is 0 Å². The van der Waals surface area contributed by atoms with Crippen molar-refractivity contribution in [3.05, 3.63) is 28.0 Å². The number of ether oxygens (including phenoxy) is 2. The van der Waals surface area contributed by atoms with Crippen molar-refractivity contribution in [3.63, 3.8) is 0 Å². The Labute approximate surface area is 143 Å². The SMILES string of the molecule is O=C(O)[C@H]1O[C@@H](Oc2c[nH]c3ccc(I)cc23)[C@H](O)[C@@H](O)[C@@H]1O. The number of aromatic nitrogens is 1. The molecule has 0 radical (unpaired) electrons. The second-order valence-electron chi connectivity index (χ2n) is 5.20. The van der Waals surface area contributed by atoms with Gasteiger partial charge in [0.1, 0.15) is 24.1 Å². The van der Waals surface area contributed by atoms with E-state index >= 15 is 0 Å². The topological polar surface area (TPSA) is 132 Å². The van der Waals surface area contributed by atoms with Crippen molar-refractivity contribution in [3.8, 4) is 5.75 Å². The summed E-state index contributed by atoms with van der Waals surface area (Å²) in [6.07, 6.45) is -6.60. The van der Waals surface area contributed by atoms with Crippen molar-refractivity contribution in [2.45, 2.75) is 30.7 Å². The number of aromatic amines is 1. The van der Waals surface area contributed by atoms with E-state index in [2.05, 4.69) is 27.6 Å². The largest absolute Gasteiger partial charge is 0.479 e. The summed E-state index contributed by atoms with van der Waals surface area (Å²) in [5.74, 6) is -1.11. The summed E-state index contributed by atoms with van der Waals surface area (Å²) >= 11 is 2.13. The van der Waals surface area contributed by atoms with Crippen LogP contribution in [0, 0.1) is 3.57 Å². The summed E-state index contributed by atoms with van der Waals surface area (Å²) in [4.78, 5) is 14.1. The number of halogens is 1. The van der Waals surface area contributed by atoms with E-state index in [4.69, 9.17) is 14.6 Å². The quantitative estimate of drug-likeness (QED) is 0.431. The van der Waals surface area contributed by atoms with Crippen molar-refractivity contribution < 1.29 is 34.7 Å². The van der Waals surface area contributed by atoms with Crippen LogP contribution in [-0.2, 0) is 9.53 Å². The Balaban J connectivity index is 1.88. The zero-order valence-corrected chi connectivity index (χ0v) is 13.7. The number of aliphatic hydroxyl groups is 3. The number of H-pyrrole nitrogens is 1. The zero-order valence-electron chi connectivity index (χ0n) is 11.6. The molecule has 0 unspecified atom stereocenters. The number of aliphatic carboxylic acids is 1. The number of hydrogen-bond donors (Lipinski definition) is 5. The van der Waals surface area contributed by atoms with Crippen molar-refractivity contribution in [1.82, 2.24) is 4.98 Å². The van der Waals surface area contributed by atoms with Crippen LogP contribution in [0.25, 0.3) is 10.9 Å². The van der Waals surface area contributed by atoms with Crippen LogP contribution in [0.1, 0.15) is 0 Å². The average Bonchev–Trinajstić information content (AvgIpc) is 2.89. The monoisotopic (exact) mass is 435 g/mol. The number of fused-ring (bicyclic) bond motifs is 1. The third kappa shape index (κ3) is 3.02. The number of carboxylic acid groups (broad SMARTS) is 1. The van der Waals surface area contributed by atoms with Crippen LogP contribution in [-0.4, -0.2) is 62.1 Å². The molecule has 0 aliphatic carbocycles. The fourth-order valence-electron chi connectivity index (χ4n) is 2.44. The minimum atomic E-state index is -1.74. The number of benzene rings is 1. The lowest BCUT2D eigenvalue weighted by molar-refractivity contribution is -0.270. The average molecular weight is 435 g/mol. The highest BCUT2D eigenvalue weighted by molar-refractivity contribution is 14.1. The molecule has 5 N–H and O–H groups in total. The summed E-state index contributed by atoms with van der Waals surface area (Å²) in [5.41, 5.74) is 0.793. The second kappa shape index (κ2) is 6.24. The van der Waals surface area contributed by atoms with E-state index in [1.165, 1.54) is 0 Å². The molecule has 2 heterocycles. The summed E-state index contributed by atoms with van der Waals surface area (Å²) in [5, 5.41) is 39.2. The first-order valence-corrected chi connectivity index (χ1v) is 7.82. The molecule has 1 aromatic carbocycles. The molecule has 2 aromatic rings. The fraction of sp³-hybridized carbons (Fsp3) is 0.357. The molecule has 8 nitrogen and oxygen atoms in total. The Morgan fingerprint density at radius 1 is 1.22 bits per heavy atom. The third-order valence-corrected chi connectivity index (χ3v) is 4.33. The van der Waals surface area contributed by atoms with Gasteiger partial charge in [-0.1, -0.05) is 0 Å². The van der Waals surface area contributed by atoms with E-state index in [9.17, 15) is 20.1 Å². The lowest BCUT2D eigenvalue weighted by atomic mass is 9.99. The highest BCUT2D eigenvalue weighted by atomic mass is 127. The maximum Gasteiger partial charge on any atom is 0.335 e. The number of hydrogen-bond acceptors (Lipinski definition) is 6. The van der Waals surface area contributed by atoms with Crippen molar-refractivity contribution in [1.29, 1.82) is 0 Å². The zero-order chi connectivity index (χ0) is 16.7. The summed E-state index contributed by atoms with van der Waals surface area (Å²) in [6.45, 7) is 0. The van der Waals surface area contributed by atoms with Gasteiger partial charge >= 0.3 is 5.97 Å². The standard InChI is InChI=1S/C14H14INO7/c15-5-1-2-7-6(3-5)8(4-16-7)22-14-11(19)9(17)10(18)12(23-14)13(20)21/h1-4,9-12,14,16-19H,(H,20,21)/t9-,10-,11+,12-,14+/m0/s1. The van der Waals surface area contributed by atoms with E-state index in [0.717, 1.165) is 14.5 Å². The summed E-state index contributed by atoms with van der Waals surface area (Å²) in [6, 6.07) is 5.59. The van der Waals surface area contributed by atoms with Gasteiger partial charge < -0.3 is 34.9 Å². The first-order valence-electron chi connectivity index (χ1n) is 6.74. The maximum absolute atomic E-state index is 11.1. The van der Waals surface area contributed by atoms with E-state index < -0.39 is 36.7 Å². The Bertz CT molecular complexity index is 733. The highest BCUT2D eigenvalue weighted by Crippen LogP contribution is 2.30. The van der Waals surface area contributed by atoms with Crippen LogP contribution in [0.3, 0.4) is 0 Å². The molecule has 9 heteroatoms. The van der Waals surface area contributed by atoms with Gasteiger partial charge in [0.25, 0.3) is 0 Å². The molecule has 5 atom stereocenters. The molecular formula is C14H14INO7. The Hall–Kier alpha value is -1.40. The van der Waals surface area contributed by atoms with E-state index in [1.807, 2.05) is 18.2 Å². The van der Waals surface area contributed by atoms with Crippen LogP contribution in [0.15, 0.2) is 24.4 Å². The normalized spacial score (nSPS) is 31.2. The Morgan fingerprint density at radius 3 is 2.65 bits per heavy atom. The van der Waals surface area contributed by atoms with Gasteiger partial charge in [0.2, 0.25) is 6.29 Å². The minimum Gasteiger partial charge on any atom is -0.479 e. The van der Waals surface area contributed by atoms with Gasteiger partial charge in [-0.3, -0.25) is 0 Å². The first kappa shape index (κ1) is 16.5. The summed E-state index contributed by atoms with van der Waals surface area (Å²) < 4.78 is 11.6. The number of aliphatic hydroxyl groups excluding tert-OH is 3. The molecular weight excluding hydrogens is 421 g/mol. The van der Waals surface area contributed by atoms with E-state index in [-0.39, 0.29) is 0 Å². The molecule has 1 fully saturated rings. The number of carbonyl (C=O) groups is 1. The van der Waals surface area contributed by atoms with Crippen LogP contribution >= 0.6 is 22.6 Å². The molecule has 0 spiro atoms. The van der Waals surface area contributed by atoms with Gasteiger partial charge in [0, 0.05) is 20.7 Å². The number of nitrogens with one attached hydrogen (secondary N) is 1. The predicted octanol–water partition coefficient (Wildman–Crippen LogP) is 0.0435. The lowest BCUT2D eigenvalue weighted by Gasteiger charge is -2.38. The summed E-state index contributed by atoms with van der Waals surface area (Å²) in [7, 11) is 0. The van der Waals surface area contributed by atoms with E-state index in [1.54, 1.807) is 6.20 Å². The van der Waals surface area contributed by atoms with E-state index in [0.29, 0.717) is 5.75 Å². The Morgan fingerprint density at radius 2 is 1.96 bits per heavy atom. The second-order valence-corrected chi connectivity index (χ2v) is 6.44. The molecule has 1 aliphatic heterocycles. The highest BCUT2D eigenvalue weighted by Gasteiger charge is 2.48. The molecule has 1 aromatic heterocycles. The van der Waals surface area contributed by atoms with Gasteiger partial charge in [-0.05, 0) is 40.8 Å². The van der Waals surface area contributed by atoms with Gasteiger partial charge in [0.15, 0.2) is 6.10 Å². The smallest absolute Gasteiger partial charge is 0.335 e. The molecule has 0 amide bonds. The van der Waals surface area contributed by atoms with Crippen LogP contribution < -0.4 is 4.74 Å². The van der Waals surface area contributed by atoms with Gasteiger partial charge in [-0.15, -0.1) is 0 Å². The lowest BCUT2D eigenvalue weighted by Crippen LogP contribution is -2.61. The molecule has 1 saturated heterocycles. The Kier molecular flexibility index (Phi) is 4.47. The van der Waals surface area contributed by atoms with Crippen LogP contribution in [0.5, 0.6) is 5.75 Å². The minimum absolute atomic E-state index is 0.343. The van der Waals surface area contributed by atoms with Crippen molar-refractivity contribution in [2.24, 2.45) is 0 Å².